The van der Waals surface area contributed by atoms with Crippen LogP contribution in [0.3, 0.4) is 0 Å². The molecule has 0 spiro atoms. The number of aliphatic carboxylic acids is 1. The minimum Gasteiger partial charge on any atom is -0.480 e. The Balaban J connectivity index is 4.17. The first-order chi connectivity index (χ1) is 7.86. The van der Waals surface area contributed by atoms with E-state index in [0.29, 0.717) is 6.42 Å². The Morgan fingerprint density at radius 2 is 1.94 bits per heavy atom. The summed E-state index contributed by atoms with van der Waals surface area (Å²) in [7, 11) is 1.85. The molecule has 0 rings (SSSR count). The predicted octanol–water partition coefficient (Wildman–Crippen LogP) is 0.944. The number of hydrogen-bond acceptors (Lipinski definition) is 3. The van der Waals surface area contributed by atoms with Crippen LogP contribution in [0, 0.1) is 5.92 Å². The molecule has 0 saturated heterocycles. The molecule has 5 nitrogen and oxygen atoms in total. The Labute approximate surface area is 103 Å². The van der Waals surface area contributed by atoms with E-state index >= 15 is 0 Å². The number of nitrogens with zero attached hydrogens (tertiary/aromatic N) is 1. The minimum atomic E-state index is -0.967. The number of carboxylic acid groups (broad SMARTS) is 1. The third kappa shape index (κ3) is 7.74. The maximum Gasteiger partial charge on any atom is 0.326 e. The second-order valence-corrected chi connectivity index (χ2v) is 4.83. The van der Waals surface area contributed by atoms with Crippen LogP contribution in [0.5, 0.6) is 0 Å². The Morgan fingerprint density at radius 1 is 1.35 bits per heavy atom. The minimum absolute atomic E-state index is 0.228. The van der Waals surface area contributed by atoms with Crippen LogP contribution in [0.4, 0.5) is 0 Å². The summed E-state index contributed by atoms with van der Waals surface area (Å²) in [5, 5.41) is 11.5. The molecule has 1 amide bonds. The van der Waals surface area contributed by atoms with Crippen LogP contribution in [-0.4, -0.2) is 48.1 Å². The van der Waals surface area contributed by atoms with E-state index in [9.17, 15) is 9.59 Å². The summed E-state index contributed by atoms with van der Waals surface area (Å²) < 4.78 is 0. The average Bonchev–Trinajstić information content (AvgIpc) is 2.15. The first-order valence-corrected chi connectivity index (χ1v) is 6.07. The molecule has 0 aliphatic heterocycles. The van der Waals surface area contributed by atoms with Crippen molar-refractivity contribution in [1.29, 1.82) is 0 Å². The van der Waals surface area contributed by atoms with Crippen molar-refractivity contribution in [3.05, 3.63) is 0 Å². The van der Waals surface area contributed by atoms with Gasteiger partial charge in [-0.05, 0) is 32.4 Å². The molecule has 17 heavy (non-hydrogen) atoms. The molecule has 0 heterocycles. The summed E-state index contributed by atoms with van der Waals surface area (Å²) in [6.07, 6.45) is 1.43. The molecule has 0 aromatic rings. The summed E-state index contributed by atoms with van der Waals surface area (Å²) in [5.74, 6) is -0.955. The third-order valence-electron chi connectivity index (χ3n) is 2.36. The van der Waals surface area contributed by atoms with Gasteiger partial charge in [-0.1, -0.05) is 20.8 Å². The van der Waals surface area contributed by atoms with Crippen LogP contribution >= 0.6 is 0 Å². The maximum atomic E-state index is 11.6. The van der Waals surface area contributed by atoms with Gasteiger partial charge >= 0.3 is 5.97 Å². The van der Waals surface area contributed by atoms with E-state index in [2.05, 4.69) is 5.32 Å². The molecule has 1 unspecified atom stereocenters. The second kappa shape index (κ2) is 8.06. The number of carbonyl (C=O) groups excluding carboxylic acids is 1. The Bertz CT molecular complexity index is 254. The first kappa shape index (κ1) is 15.9. The van der Waals surface area contributed by atoms with Gasteiger partial charge in [0.05, 0.1) is 6.54 Å². The highest BCUT2D eigenvalue weighted by atomic mass is 16.4. The van der Waals surface area contributed by atoms with Crippen molar-refractivity contribution in [2.24, 2.45) is 5.92 Å². The van der Waals surface area contributed by atoms with E-state index in [-0.39, 0.29) is 18.4 Å². The molecule has 0 fully saturated rings. The molecule has 100 valence electrons. The van der Waals surface area contributed by atoms with Gasteiger partial charge in [-0.15, -0.1) is 0 Å². The lowest BCUT2D eigenvalue weighted by Crippen LogP contribution is -2.45. The zero-order valence-electron chi connectivity index (χ0n) is 11.2. The van der Waals surface area contributed by atoms with E-state index in [1.54, 1.807) is 0 Å². The van der Waals surface area contributed by atoms with Gasteiger partial charge in [0, 0.05) is 0 Å². The van der Waals surface area contributed by atoms with Crippen LogP contribution < -0.4 is 5.32 Å². The quantitative estimate of drug-likeness (QED) is 0.667. The van der Waals surface area contributed by atoms with Crippen molar-refractivity contribution in [2.45, 2.75) is 39.7 Å². The fraction of sp³-hybridized carbons (Fsp3) is 0.833. The Kier molecular flexibility index (Phi) is 7.54. The van der Waals surface area contributed by atoms with E-state index in [1.165, 1.54) is 0 Å². The molecule has 2 N–H and O–H groups in total. The van der Waals surface area contributed by atoms with Gasteiger partial charge in [-0.2, -0.15) is 0 Å². The first-order valence-electron chi connectivity index (χ1n) is 6.07. The lowest BCUT2D eigenvalue weighted by Gasteiger charge is -2.19. The highest BCUT2D eigenvalue weighted by Crippen LogP contribution is 2.04. The van der Waals surface area contributed by atoms with Crippen molar-refractivity contribution in [2.75, 3.05) is 20.1 Å². The average molecular weight is 244 g/mol. The zero-order valence-corrected chi connectivity index (χ0v) is 11.2. The van der Waals surface area contributed by atoms with Crippen molar-refractivity contribution < 1.29 is 14.7 Å². The lowest BCUT2D eigenvalue weighted by atomic mass is 10.0. The van der Waals surface area contributed by atoms with Crippen LogP contribution in [-0.2, 0) is 9.59 Å². The standard InChI is InChI=1S/C12H24N2O3/c1-5-6-14(4)8-11(15)13-10(12(16)17)7-9(2)3/h9-10H,5-8H2,1-4H3,(H,13,15)(H,16,17). The molecule has 0 aliphatic rings. The Hall–Kier alpha value is -1.10. The van der Waals surface area contributed by atoms with Gasteiger partial charge in [0.25, 0.3) is 0 Å². The lowest BCUT2D eigenvalue weighted by molar-refractivity contribution is -0.142. The number of likely N-dealkylation sites (N-methyl/N-ethyl adjacent to an activating group) is 1. The molecular formula is C12H24N2O3. The highest BCUT2D eigenvalue weighted by molar-refractivity contribution is 5.84. The predicted molar refractivity (Wildman–Crippen MR) is 66.8 cm³/mol. The maximum absolute atomic E-state index is 11.6. The van der Waals surface area contributed by atoms with Crippen LogP contribution in [0.2, 0.25) is 0 Å². The molecule has 0 bridgehead atoms. The largest absolute Gasteiger partial charge is 0.480 e. The van der Waals surface area contributed by atoms with Gasteiger partial charge in [0.2, 0.25) is 5.91 Å². The van der Waals surface area contributed by atoms with Crippen molar-refractivity contribution in [3.8, 4) is 0 Å². The van der Waals surface area contributed by atoms with E-state index in [0.717, 1.165) is 13.0 Å². The molecule has 0 radical (unpaired) electrons. The van der Waals surface area contributed by atoms with Gasteiger partial charge in [0.15, 0.2) is 0 Å². The molecule has 1 atom stereocenters. The monoisotopic (exact) mass is 244 g/mol. The number of amides is 1. The summed E-state index contributed by atoms with van der Waals surface area (Å²) in [4.78, 5) is 24.4. The topological polar surface area (TPSA) is 69.6 Å². The molecule has 0 aromatic heterocycles. The fourth-order valence-electron chi connectivity index (χ4n) is 1.64. The van der Waals surface area contributed by atoms with Gasteiger partial charge in [-0.3, -0.25) is 9.69 Å². The molecule has 0 saturated carbocycles. The summed E-state index contributed by atoms with van der Waals surface area (Å²) in [6.45, 7) is 6.98. The van der Waals surface area contributed by atoms with Crippen molar-refractivity contribution in [1.82, 2.24) is 10.2 Å². The SMILES string of the molecule is CCCN(C)CC(=O)NC(CC(C)C)C(=O)O. The van der Waals surface area contributed by atoms with Gasteiger partial charge in [-0.25, -0.2) is 4.79 Å². The molecule has 0 aliphatic carbocycles. The second-order valence-electron chi connectivity index (χ2n) is 4.83. The van der Waals surface area contributed by atoms with Gasteiger partial charge < -0.3 is 10.4 Å². The zero-order chi connectivity index (χ0) is 13.4. The van der Waals surface area contributed by atoms with Gasteiger partial charge in [0.1, 0.15) is 6.04 Å². The number of carbonyl (C=O) groups is 2. The van der Waals surface area contributed by atoms with E-state index < -0.39 is 12.0 Å². The summed E-state index contributed by atoms with van der Waals surface area (Å²) in [5.41, 5.74) is 0. The Morgan fingerprint density at radius 3 is 2.35 bits per heavy atom. The van der Waals surface area contributed by atoms with Crippen molar-refractivity contribution in [3.63, 3.8) is 0 Å². The van der Waals surface area contributed by atoms with Crippen molar-refractivity contribution >= 4 is 11.9 Å². The van der Waals surface area contributed by atoms with Crippen LogP contribution in [0.1, 0.15) is 33.6 Å². The molecule has 5 heteroatoms. The normalized spacial score (nSPS) is 12.8. The summed E-state index contributed by atoms with van der Waals surface area (Å²) >= 11 is 0. The smallest absolute Gasteiger partial charge is 0.326 e. The van der Waals surface area contributed by atoms with Crippen LogP contribution in [0.15, 0.2) is 0 Å². The number of carboxylic acids is 1. The van der Waals surface area contributed by atoms with Crippen LogP contribution in [0.25, 0.3) is 0 Å². The summed E-state index contributed by atoms with van der Waals surface area (Å²) in [6, 6.07) is -0.780. The number of rotatable bonds is 8. The highest BCUT2D eigenvalue weighted by Gasteiger charge is 2.21. The fourth-order valence-corrected chi connectivity index (χ4v) is 1.64. The van der Waals surface area contributed by atoms with E-state index in [4.69, 9.17) is 5.11 Å². The third-order valence-corrected chi connectivity index (χ3v) is 2.36. The number of hydrogen-bond donors (Lipinski definition) is 2. The number of nitrogens with one attached hydrogen (secondary N) is 1. The molecule has 0 aromatic carbocycles. The molecular weight excluding hydrogens is 220 g/mol. The van der Waals surface area contributed by atoms with E-state index in [1.807, 2.05) is 32.7 Å².